The lowest BCUT2D eigenvalue weighted by Crippen LogP contribution is -2.27. The molecule has 1 saturated carbocycles. The number of carbonyl (C=O) groups is 1. The Balaban J connectivity index is 1.21. The number of aromatic nitrogens is 3. The molecule has 0 bridgehead atoms. The van der Waals surface area contributed by atoms with Crippen LogP contribution >= 0.6 is 0 Å². The summed E-state index contributed by atoms with van der Waals surface area (Å²) in [5, 5.41) is 0. The molecule has 2 fully saturated rings. The van der Waals surface area contributed by atoms with Crippen LogP contribution in [0.1, 0.15) is 36.7 Å². The highest BCUT2D eigenvalue weighted by molar-refractivity contribution is 5.88. The Labute approximate surface area is 239 Å². The molecule has 0 N–H and O–H groups in total. The Bertz CT molecular complexity index is 1600. The predicted molar refractivity (Wildman–Crippen MR) is 155 cm³/mol. The Morgan fingerprint density at radius 1 is 1.15 bits per heavy atom. The number of imidazole rings is 1. The van der Waals surface area contributed by atoms with Crippen LogP contribution in [-0.2, 0) is 4.79 Å². The van der Waals surface area contributed by atoms with Crippen LogP contribution in [0.15, 0.2) is 67.0 Å². The molecule has 0 unspecified atom stereocenters. The number of amides is 1. The number of hydrogen-bond acceptors (Lipinski definition) is 6. The van der Waals surface area contributed by atoms with Crippen molar-refractivity contribution >= 4 is 11.4 Å². The number of ether oxygens (including phenoxy) is 2. The molecule has 1 amide bonds. The number of likely N-dealkylation sites (tertiary alicyclic amines) is 1. The number of likely N-dealkylation sites (N-methyl/N-ethyl adjacent to an activating group) is 1. The Kier molecular flexibility index (Phi) is 7.45. The third-order valence-corrected chi connectivity index (χ3v) is 7.96. The third-order valence-electron chi connectivity index (χ3n) is 7.96. The number of nitrogens with zero attached hydrogens (tertiary/aromatic N) is 5. The second-order valence-electron chi connectivity index (χ2n) is 10.8. The van der Waals surface area contributed by atoms with E-state index in [9.17, 15) is 9.18 Å². The fraction of sp³-hybridized carbons (Fsp3) is 0.344. The van der Waals surface area contributed by atoms with E-state index in [4.69, 9.17) is 14.5 Å². The summed E-state index contributed by atoms with van der Waals surface area (Å²) in [4.78, 5) is 26.7. The molecule has 4 aromatic rings. The number of hydrogen-bond donors (Lipinski definition) is 0. The zero-order chi connectivity index (χ0) is 28.5. The molecule has 0 spiro atoms. The summed E-state index contributed by atoms with van der Waals surface area (Å²) in [5.74, 6) is 1.27. The summed E-state index contributed by atoms with van der Waals surface area (Å²) >= 11 is 0. The molecule has 2 aliphatic rings. The molecular formula is C32H34FN5O3. The second-order valence-corrected chi connectivity index (χ2v) is 10.8. The maximum atomic E-state index is 14.6. The van der Waals surface area contributed by atoms with Gasteiger partial charge in [-0.05, 0) is 69.6 Å². The van der Waals surface area contributed by atoms with Crippen molar-refractivity contribution in [3.63, 3.8) is 0 Å². The van der Waals surface area contributed by atoms with Crippen molar-refractivity contribution in [3.05, 3.63) is 84.3 Å². The van der Waals surface area contributed by atoms with Crippen molar-refractivity contribution in [2.45, 2.75) is 38.1 Å². The third kappa shape index (κ3) is 5.54. The van der Waals surface area contributed by atoms with Crippen molar-refractivity contribution in [2.24, 2.45) is 0 Å². The summed E-state index contributed by atoms with van der Waals surface area (Å²) in [6.07, 6.45) is 10.8. The van der Waals surface area contributed by atoms with Crippen molar-refractivity contribution < 1.29 is 18.7 Å². The van der Waals surface area contributed by atoms with E-state index in [1.54, 1.807) is 42.6 Å². The monoisotopic (exact) mass is 555 g/mol. The van der Waals surface area contributed by atoms with Gasteiger partial charge in [0.2, 0.25) is 11.7 Å². The Hall–Kier alpha value is -4.24. The van der Waals surface area contributed by atoms with E-state index >= 15 is 0 Å². The highest BCUT2D eigenvalue weighted by Crippen LogP contribution is 2.35. The lowest BCUT2D eigenvalue weighted by molar-refractivity contribution is -0.125. The standard InChI is InChI=1S/C32H34FN5O3/c1-21-31-30(22-9-13-25(14-10-22)41-27-7-4-6-26(40-3)29(27)33)35-32(38(31)19-16-34-21)23-15-18-37(20-23)28(39)8-5-17-36(2)24-11-12-24/h4-10,13-14,16,19,23-24H,11-12,15,17-18,20H2,1-3H3/b8-5+/t23-/m1/s1. The molecule has 41 heavy (non-hydrogen) atoms. The highest BCUT2D eigenvalue weighted by Gasteiger charge is 2.31. The molecule has 1 atom stereocenters. The molecule has 8 nitrogen and oxygen atoms in total. The van der Waals surface area contributed by atoms with Crippen LogP contribution in [0.25, 0.3) is 16.8 Å². The van der Waals surface area contributed by atoms with Gasteiger partial charge >= 0.3 is 0 Å². The number of rotatable bonds is 9. The van der Waals surface area contributed by atoms with E-state index in [0.29, 0.717) is 24.9 Å². The van der Waals surface area contributed by atoms with E-state index in [2.05, 4.69) is 21.3 Å². The van der Waals surface area contributed by atoms with Gasteiger partial charge in [0.25, 0.3) is 0 Å². The molecule has 2 aromatic heterocycles. The van der Waals surface area contributed by atoms with Crippen LogP contribution < -0.4 is 9.47 Å². The van der Waals surface area contributed by atoms with Gasteiger partial charge in [0.05, 0.1) is 24.0 Å². The van der Waals surface area contributed by atoms with Gasteiger partial charge in [-0.3, -0.25) is 19.1 Å². The van der Waals surface area contributed by atoms with Crippen LogP contribution in [0.3, 0.4) is 0 Å². The smallest absolute Gasteiger partial charge is 0.246 e. The zero-order valence-electron chi connectivity index (χ0n) is 23.6. The second kappa shape index (κ2) is 11.3. The van der Waals surface area contributed by atoms with Gasteiger partial charge in [0.15, 0.2) is 11.5 Å². The number of fused-ring (bicyclic) bond motifs is 1. The van der Waals surface area contributed by atoms with E-state index in [-0.39, 0.29) is 23.3 Å². The van der Waals surface area contributed by atoms with Gasteiger partial charge in [-0.2, -0.15) is 4.39 Å². The lowest BCUT2D eigenvalue weighted by Gasteiger charge is -2.15. The summed E-state index contributed by atoms with van der Waals surface area (Å²) in [6.45, 7) is 4.10. The van der Waals surface area contributed by atoms with E-state index in [0.717, 1.165) is 41.3 Å². The fourth-order valence-electron chi connectivity index (χ4n) is 5.50. The molecule has 1 aliphatic carbocycles. The minimum Gasteiger partial charge on any atom is -0.494 e. The number of benzene rings is 2. The van der Waals surface area contributed by atoms with Gasteiger partial charge in [0.1, 0.15) is 11.6 Å². The van der Waals surface area contributed by atoms with Crippen LogP contribution in [0, 0.1) is 12.7 Å². The molecule has 1 aliphatic heterocycles. The molecule has 9 heteroatoms. The largest absolute Gasteiger partial charge is 0.494 e. The summed E-state index contributed by atoms with van der Waals surface area (Å²) in [5.41, 5.74) is 3.52. The normalized spacial score (nSPS) is 17.2. The lowest BCUT2D eigenvalue weighted by atomic mass is 10.1. The minimum atomic E-state index is -0.546. The van der Waals surface area contributed by atoms with Gasteiger partial charge in [-0.15, -0.1) is 0 Å². The quantitative estimate of drug-likeness (QED) is 0.250. The van der Waals surface area contributed by atoms with Crippen molar-refractivity contribution in [1.29, 1.82) is 0 Å². The molecule has 1 saturated heterocycles. The van der Waals surface area contributed by atoms with Crippen LogP contribution in [0.5, 0.6) is 17.2 Å². The summed E-state index contributed by atoms with van der Waals surface area (Å²) in [6, 6.07) is 12.9. The average Bonchev–Trinajstić information content (AvgIpc) is 3.59. The van der Waals surface area contributed by atoms with Crippen molar-refractivity contribution in [1.82, 2.24) is 24.2 Å². The topological polar surface area (TPSA) is 72.2 Å². The van der Waals surface area contributed by atoms with Gasteiger partial charge in [0, 0.05) is 55.6 Å². The fourth-order valence-corrected chi connectivity index (χ4v) is 5.50. The highest BCUT2D eigenvalue weighted by atomic mass is 19.1. The number of halogens is 1. The average molecular weight is 556 g/mol. The molecule has 0 radical (unpaired) electrons. The first kappa shape index (κ1) is 27.0. The maximum Gasteiger partial charge on any atom is 0.246 e. The van der Waals surface area contributed by atoms with E-state index in [1.165, 1.54) is 20.0 Å². The van der Waals surface area contributed by atoms with Gasteiger partial charge < -0.3 is 14.4 Å². The zero-order valence-corrected chi connectivity index (χ0v) is 23.6. The summed E-state index contributed by atoms with van der Waals surface area (Å²) < 4.78 is 27.5. The number of carbonyl (C=O) groups excluding carboxylic acids is 1. The molecular weight excluding hydrogens is 521 g/mol. The Morgan fingerprint density at radius 3 is 2.68 bits per heavy atom. The van der Waals surface area contributed by atoms with Crippen molar-refractivity contribution in [2.75, 3.05) is 33.8 Å². The molecule has 6 rings (SSSR count). The van der Waals surface area contributed by atoms with Gasteiger partial charge in [-0.25, -0.2) is 4.98 Å². The van der Waals surface area contributed by atoms with E-state index < -0.39 is 5.82 Å². The van der Waals surface area contributed by atoms with Crippen molar-refractivity contribution in [3.8, 4) is 28.5 Å². The van der Waals surface area contributed by atoms with Gasteiger partial charge in [-0.1, -0.05) is 12.1 Å². The predicted octanol–water partition coefficient (Wildman–Crippen LogP) is 5.61. The van der Waals surface area contributed by atoms with E-state index in [1.807, 2.05) is 36.2 Å². The molecule has 3 heterocycles. The van der Waals surface area contributed by atoms with Crippen LogP contribution in [-0.4, -0.2) is 69.9 Å². The maximum absolute atomic E-state index is 14.6. The minimum absolute atomic E-state index is 0.0543. The SMILES string of the molecule is COc1cccc(Oc2ccc(-c3nc([C@@H]4CCN(C(=O)/C=C/CN(C)C5CC5)C4)n4ccnc(C)c34)cc2)c1F. The Morgan fingerprint density at radius 2 is 1.93 bits per heavy atom. The van der Waals surface area contributed by atoms with Crippen LogP contribution in [0.2, 0.25) is 0 Å². The first-order chi connectivity index (χ1) is 19.9. The number of aryl methyl sites for hydroxylation is 1. The summed E-state index contributed by atoms with van der Waals surface area (Å²) in [7, 11) is 3.53. The van der Waals surface area contributed by atoms with Crippen LogP contribution in [0.4, 0.5) is 4.39 Å². The number of methoxy groups -OCH3 is 1. The first-order valence-corrected chi connectivity index (χ1v) is 14.0. The molecule has 212 valence electrons. The first-order valence-electron chi connectivity index (χ1n) is 14.0. The molecule has 2 aromatic carbocycles.